The first-order chi connectivity index (χ1) is 24.1. The van der Waals surface area contributed by atoms with Gasteiger partial charge in [-0.25, -0.2) is 0 Å². The first kappa shape index (κ1) is 38.1. The molecule has 1 amide bonds. The second-order valence-corrected chi connectivity index (χ2v) is 14.1. The van der Waals surface area contributed by atoms with Gasteiger partial charge in [0.25, 0.3) is 5.56 Å². The zero-order chi connectivity index (χ0) is 35.7. The number of aliphatic hydroxyl groups is 1. The van der Waals surface area contributed by atoms with Crippen molar-refractivity contribution in [2.75, 3.05) is 53.7 Å². The lowest BCUT2D eigenvalue weighted by Crippen LogP contribution is -2.55. The van der Waals surface area contributed by atoms with Gasteiger partial charge in [-0.15, -0.1) is 0 Å². The number of amides is 1. The number of pyridine rings is 1. The molecule has 1 saturated carbocycles. The molecule has 1 aliphatic carbocycles. The number of nitrogens with zero attached hydrogens (tertiary/aromatic N) is 2. The smallest absolute Gasteiger partial charge is 0.250 e. The number of halogens is 2. The van der Waals surface area contributed by atoms with E-state index in [1.54, 1.807) is 43.2 Å². The minimum atomic E-state index is -1.49. The molecule has 272 valence electrons. The van der Waals surface area contributed by atoms with Crippen LogP contribution in [0, 0.1) is 12.8 Å². The van der Waals surface area contributed by atoms with Gasteiger partial charge in [-0.05, 0) is 105 Å². The van der Waals surface area contributed by atoms with Crippen LogP contribution in [-0.4, -0.2) is 80.3 Å². The monoisotopic (exact) mass is 729 g/mol. The number of nitrogens with one attached hydrogen (secondary N) is 1. The lowest BCUT2D eigenvalue weighted by atomic mass is 9.76. The molecule has 5 rings (SSSR count). The number of ether oxygens (including phenoxy) is 4. The van der Waals surface area contributed by atoms with E-state index in [0.29, 0.717) is 86.8 Å². The van der Waals surface area contributed by atoms with E-state index in [9.17, 15) is 14.7 Å². The van der Waals surface area contributed by atoms with Gasteiger partial charge < -0.3 is 38.8 Å². The van der Waals surface area contributed by atoms with E-state index in [-0.39, 0.29) is 17.5 Å². The summed E-state index contributed by atoms with van der Waals surface area (Å²) < 4.78 is 23.8. The number of piperidine rings is 1. The second-order valence-electron chi connectivity index (χ2n) is 13.3. The molecule has 1 saturated heterocycles. The normalized spacial score (nSPS) is 19.0. The van der Waals surface area contributed by atoms with Crippen LogP contribution in [0.1, 0.15) is 54.4 Å². The number of benzene rings is 2. The molecule has 12 heteroatoms. The molecule has 2 atom stereocenters. The average molecular weight is 731 g/mol. The molecule has 1 aromatic heterocycles. The fourth-order valence-corrected chi connectivity index (χ4v) is 7.29. The quantitative estimate of drug-likeness (QED) is 0.165. The topological polar surface area (TPSA) is 111 Å². The number of aryl methyl sites for hydroxylation is 3. The zero-order valence-electron chi connectivity index (χ0n) is 29.2. The molecule has 2 aromatic carbocycles. The van der Waals surface area contributed by atoms with E-state index < -0.39 is 11.5 Å². The van der Waals surface area contributed by atoms with E-state index in [1.165, 1.54) is 6.07 Å². The molecule has 2 aliphatic rings. The predicted octanol–water partition coefficient (Wildman–Crippen LogP) is 5.53. The van der Waals surface area contributed by atoms with Crippen LogP contribution < -0.4 is 20.3 Å². The highest BCUT2D eigenvalue weighted by Gasteiger charge is 2.48. The van der Waals surface area contributed by atoms with Gasteiger partial charge in [-0.2, -0.15) is 0 Å². The SMILES string of the molecule is COCCCc1cc(CN(C(=O)C2CNCCC2(O)c2ccn(CCCOc3c(Cl)cc(C)cc3Cl)c(=O)c2)C2CC2)cc(OCCOC)c1. The minimum absolute atomic E-state index is 0.101. The van der Waals surface area contributed by atoms with E-state index in [4.69, 9.17) is 42.1 Å². The number of carbonyl (C=O) groups is 1. The molecule has 0 spiro atoms. The van der Waals surface area contributed by atoms with E-state index >= 15 is 0 Å². The standard InChI is InChI=1S/C38H49Cl2N3O7/c1-26-18-33(39)36(34(40)19-26)50-15-5-12-42-13-9-29(23-35(42)44)38(46)10-11-41-24-32(38)37(45)43(30-7-8-30)25-28-20-27(6-4-14-47-2)21-31(22-28)49-17-16-48-3/h9,13,18-23,30,32,41,46H,4-8,10-12,14-17,24-25H2,1-3H3. The van der Waals surface area contributed by atoms with Crippen LogP contribution in [0.15, 0.2) is 53.5 Å². The summed E-state index contributed by atoms with van der Waals surface area (Å²) in [5, 5.41) is 16.4. The highest BCUT2D eigenvalue weighted by molar-refractivity contribution is 6.37. The largest absolute Gasteiger partial charge is 0.491 e. The van der Waals surface area contributed by atoms with Crippen molar-refractivity contribution in [3.05, 3.63) is 91.3 Å². The van der Waals surface area contributed by atoms with Crippen LogP contribution >= 0.6 is 23.2 Å². The maximum absolute atomic E-state index is 14.4. The van der Waals surface area contributed by atoms with E-state index in [2.05, 4.69) is 11.4 Å². The number of hydrogen-bond donors (Lipinski definition) is 2. The van der Waals surface area contributed by atoms with Gasteiger partial charge >= 0.3 is 0 Å². The Bertz CT molecular complexity index is 1610. The molecule has 10 nitrogen and oxygen atoms in total. The number of rotatable bonds is 18. The fraction of sp³-hybridized carbons (Fsp3) is 0.526. The highest BCUT2D eigenvalue weighted by atomic mass is 35.5. The van der Waals surface area contributed by atoms with Crippen molar-refractivity contribution in [1.29, 1.82) is 0 Å². The molecule has 2 fully saturated rings. The lowest BCUT2D eigenvalue weighted by Gasteiger charge is -2.42. The van der Waals surface area contributed by atoms with Crippen LogP contribution in [-0.2, 0) is 39.4 Å². The summed E-state index contributed by atoms with van der Waals surface area (Å²) in [5.74, 6) is 0.285. The number of aromatic nitrogens is 1. The highest BCUT2D eigenvalue weighted by Crippen LogP contribution is 2.39. The molecular weight excluding hydrogens is 681 g/mol. The van der Waals surface area contributed by atoms with Gasteiger partial charge in [-0.1, -0.05) is 29.3 Å². The van der Waals surface area contributed by atoms with Crippen LogP contribution in [0.25, 0.3) is 0 Å². The number of carbonyl (C=O) groups excluding carboxylic acids is 1. The van der Waals surface area contributed by atoms with Gasteiger partial charge in [0.1, 0.15) is 18.0 Å². The molecular formula is C38H49Cl2N3O7. The molecule has 0 bridgehead atoms. The Hall–Kier alpha value is -3.12. The third-order valence-corrected chi connectivity index (χ3v) is 9.92. The van der Waals surface area contributed by atoms with Gasteiger partial charge in [0.15, 0.2) is 5.75 Å². The summed E-state index contributed by atoms with van der Waals surface area (Å²) in [6.45, 7) is 5.41. The van der Waals surface area contributed by atoms with Crippen LogP contribution in [0.3, 0.4) is 0 Å². The van der Waals surface area contributed by atoms with Crippen LogP contribution in [0.4, 0.5) is 0 Å². The molecule has 2 N–H and O–H groups in total. The Balaban J connectivity index is 1.29. The third kappa shape index (κ3) is 9.80. The zero-order valence-corrected chi connectivity index (χ0v) is 30.7. The minimum Gasteiger partial charge on any atom is -0.491 e. The summed E-state index contributed by atoms with van der Waals surface area (Å²) in [7, 11) is 3.33. The average Bonchev–Trinajstić information content (AvgIpc) is 3.93. The van der Waals surface area contributed by atoms with Crippen molar-refractivity contribution >= 4 is 29.1 Å². The maximum atomic E-state index is 14.4. The summed E-state index contributed by atoms with van der Waals surface area (Å²) in [4.78, 5) is 29.6. The van der Waals surface area contributed by atoms with Crippen molar-refractivity contribution in [1.82, 2.24) is 14.8 Å². The summed E-state index contributed by atoms with van der Waals surface area (Å²) >= 11 is 12.6. The molecule has 0 radical (unpaired) electrons. The van der Waals surface area contributed by atoms with Crippen molar-refractivity contribution < 1.29 is 28.8 Å². The third-order valence-electron chi connectivity index (χ3n) is 9.35. The molecule has 3 aromatic rings. The first-order valence-electron chi connectivity index (χ1n) is 17.4. The van der Waals surface area contributed by atoms with Gasteiger partial charge in [0, 0.05) is 58.8 Å². The molecule has 2 unspecified atom stereocenters. The van der Waals surface area contributed by atoms with Gasteiger partial charge in [-0.3, -0.25) is 9.59 Å². The summed E-state index contributed by atoms with van der Waals surface area (Å²) in [6.07, 6.45) is 6.05. The van der Waals surface area contributed by atoms with Gasteiger partial charge in [0.05, 0.1) is 29.2 Å². The van der Waals surface area contributed by atoms with Crippen molar-refractivity contribution in [3.63, 3.8) is 0 Å². The summed E-state index contributed by atoms with van der Waals surface area (Å²) in [5.41, 5.74) is 1.73. The molecule has 1 aliphatic heterocycles. The Morgan fingerprint density at radius 2 is 1.72 bits per heavy atom. The Labute approximate surface area is 304 Å². The van der Waals surface area contributed by atoms with E-state index in [1.807, 2.05) is 24.0 Å². The number of methoxy groups -OCH3 is 2. The predicted molar refractivity (Wildman–Crippen MR) is 194 cm³/mol. The Morgan fingerprint density at radius 1 is 0.980 bits per heavy atom. The Morgan fingerprint density at radius 3 is 2.42 bits per heavy atom. The van der Waals surface area contributed by atoms with Crippen LogP contribution in [0.2, 0.25) is 10.0 Å². The van der Waals surface area contributed by atoms with Crippen molar-refractivity contribution in [3.8, 4) is 11.5 Å². The molecule has 50 heavy (non-hydrogen) atoms. The second kappa shape index (κ2) is 17.9. The maximum Gasteiger partial charge on any atom is 0.250 e. The van der Waals surface area contributed by atoms with Crippen molar-refractivity contribution in [2.45, 2.75) is 70.2 Å². The Kier molecular flexibility index (Phi) is 13.6. The van der Waals surface area contributed by atoms with Gasteiger partial charge in [0.2, 0.25) is 5.91 Å². The first-order valence-corrected chi connectivity index (χ1v) is 18.1. The van der Waals surface area contributed by atoms with E-state index in [0.717, 1.165) is 48.1 Å². The van der Waals surface area contributed by atoms with Crippen molar-refractivity contribution in [2.24, 2.45) is 5.92 Å². The number of hydrogen-bond acceptors (Lipinski definition) is 8. The molecule has 2 heterocycles. The lowest BCUT2D eigenvalue weighted by molar-refractivity contribution is -0.150. The van der Waals surface area contributed by atoms with Crippen LogP contribution in [0.5, 0.6) is 11.5 Å². The fourth-order valence-electron chi connectivity index (χ4n) is 6.58. The summed E-state index contributed by atoms with van der Waals surface area (Å²) in [6, 6.07) is 13.1.